The summed E-state index contributed by atoms with van der Waals surface area (Å²) in [7, 11) is 0. The van der Waals surface area contributed by atoms with Crippen LogP contribution in [0.1, 0.15) is 39.7 Å². The van der Waals surface area contributed by atoms with E-state index >= 15 is 0 Å². The third-order valence-corrected chi connectivity index (χ3v) is 5.29. The molecule has 1 heterocycles. The number of β-amino-alcohol motifs (C(OH)–C–C–N with tert-alkyl or cyclic N) is 1. The Kier molecular flexibility index (Phi) is 6.18. The molecule has 1 aliphatic rings. The fourth-order valence-electron chi connectivity index (χ4n) is 3.66. The molecule has 3 rings (SSSR count). The van der Waals surface area contributed by atoms with E-state index in [1.807, 2.05) is 54.6 Å². The Balaban J connectivity index is 1.59. The average molecular weight is 398 g/mol. The first-order valence-electron chi connectivity index (χ1n) is 10.1. The number of hydrogen-bond donors (Lipinski definition) is 1. The summed E-state index contributed by atoms with van der Waals surface area (Å²) in [6.45, 7) is 8.76. The fraction of sp³-hybridized carbons (Fsp3) is 0.458. The standard InChI is InChI=1S/C24H31NO4/c1-23(2,3)19-12-8-9-13-20(19)28-16-22(26)25-15-14-21(24(4,27)17-25)29-18-10-6-5-7-11-18/h5-13,21,27H,14-17H2,1-4H3/t21-,24-/m0/s1. The number of rotatable bonds is 5. The largest absolute Gasteiger partial charge is 0.487 e. The fourth-order valence-corrected chi connectivity index (χ4v) is 3.66. The molecule has 1 fully saturated rings. The monoisotopic (exact) mass is 397 g/mol. The van der Waals surface area contributed by atoms with Gasteiger partial charge in [-0.1, -0.05) is 57.2 Å². The van der Waals surface area contributed by atoms with Crippen LogP contribution in [-0.2, 0) is 10.2 Å². The van der Waals surface area contributed by atoms with Crippen LogP contribution in [0.5, 0.6) is 11.5 Å². The molecule has 0 unspecified atom stereocenters. The summed E-state index contributed by atoms with van der Waals surface area (Å²) in [6, 6.07) is 17.3. The van der Waals surface area contributed by atoms with Crippen molar-refractivity contribution in [1.29, 1.82) is 0 Å². The van der Waals surface area contributed by atoms with Gasteiger partial charge in [0.1, 0.15) is 23.2 Å². The summed E-state index contributed by atoms with van der Waals surface area (Å²) >= 11 is 0. The maximum Gasteiger partial charge on any atom is 0.260 e. The summed E-state index contributed by atoms with van der Waals surface area (Å²) in [5.74, 6) is 1.31. The molecule has 2 aromatic carbocycles. The van der Waals surface area contributed by atoms with Gasteiger partial charge in [-0.2, -0.15) is 0 Å². The Bertz CT molecular complexity index is 826. The van der Waals surface area contributed by atoms with Gasteiger partial charge in [0.2, 0.25) is 0 Å². The number of aliphatic hydroxyl groups is 1. The van der Waals surface area contributed by atoms with Gasteiger partial charge in [-0.25, -0.2) is 0 Å². The summed E-state index contributed by atoms with van der Waals surface area (Å²) in [4.78, 5) is 14.4. The second-order valence-corrected chi connectivity index (χ2v) is 8.92. The average Bonchev–Trinajstić information content (AvgIpc) is 2.67. The summed E-state index contributed by atoms with van der Waals surface area (Å²) in [5.41, 5.74) is -0.140. The highest BCUT2D eigenvalue weighted by molar-refractivity contribution is 5.78. The zero-order chi connectivity index (χ0) is 21.1. The first-order valence-corrected chi connectivity index (χ1v) is 10.1. The van der Waals surface area contributed by atoms with Crippen LogP contribution in [0.15, 0.2) is 54.6 Å². The Hall–Kier alpha value is -2.53. The molecule has 2 aromatic rings. The molecular weight excluding hydrogens is 366 g/mol. The smallest absolute Gasteiger partial charge is 0.260 e. The minimum Gasteiger partial charge on any atom is -0.487 e. The van der Waals surface area contributed by atoms with Crippen LogP contribution in [0, 0.1) is 0 Å². The van der Waals surface area contributed by atoms with Gasteiger partial charge in [-0.15, -0.1) is 0 Å². The highest BCUT2D eigenvalue weighted by Crippen LogP contribution is 2.31. The van der Waals surface area contributed by atoms with E-state index in [1.165, 1.54) is 0 Å². The van der Waals surface area contributed by atoms with Crippen molar-refractivity contribution < 1.29 is 19.4 Å². The van der Waals surface area contributed by atoms with Crippen molar-refractivity contribution in [1.82, 2.24) is 4.90 Å². The molecule has 29 heavy (non-hydrogen) atoms. The number of carbonyl (C=O) groups is 1. The molecule has 1 amide bonds. The molecular formula is C24H31NO4. The zero-order valence-electron chi connectivity index (χ0n) is 17.7. The lowest BCUT2D eigenvalue weighted by molar-refractivity contribution is -0.147. The third-order valence-electron chi connectivity index (χ3n) is 5.29. The number of para-hydroxylation sites is 2. The number of carbonyl (C=O) groups excluding carboxylic acids is 1. The predicted octanol–water partition coefficient (Wildman–Crippen LogP) is 3.79. The molecule has 0 radical (unpaired) electrons. The Morgan fingerprint density at radius 3 is 2.45 bits per heavy atom. The quantitative estimate of drug-likeness (QED) is 0.834. The van der Waals surface area contributed by atoms with Crippen LogP contribution < -0.4 is 9.47 Å². The number of ether oxygens (including phenoxy) is 2. The number of likely N-dealkylation sites (tertiary alicyclic amines) is 1. The van der Waals surface area contributed by atoms with Crippen LogP contribution >= 0.6 is 0 Å². The van der Waals surface area contributed by atoms with Crippen LogP contribution in [-0.4, -0.2) is 47.3 Å². The maximum absolute atomic E-state index is 12.7. The van der Waals surface area contributed by atoms with E-state index in [9.17, 15) is 9.90 Å². The summed E-state index contributed by atoms with van der Waals surface area (Å²) in [5, 5.41) is 10.9. The molecule has 1 aliphatic heterocycles. The summed E-state index contributed by atoms with van der Waals surface area (Å²) < 4.78 is 11.8. The Morgan fingerprint density at radius 1 is 1.14 bits per heavy atom. The minimum absolute atomic E-state index is 0.0482. The first kappa shape index (κ1) is 21.2. The van der Waals surface area contributed by atoms with Crippen molar-refractivity contribution in [2.75, 3.05) is 19.7 Å². The van der Waals surface area contributed by atoms with Gasteiger partial charge in [-0.3, -0.25) is 4.79 Å². The van der Waals surface area contributed by atoms with Crippen LogP contribution in [0.25, 0.3) is 0 Å². The van der Waals surface area contributed by atoms with Gasteiger partial charge in [0, 0.05) is 13.0 Å². The van der Waals surface area contributed by atoms with Gasteiger partial charge in [0.05, 0.1) is 6.54 Å². The van der Waals surface area contributed by atoms with Crippen molar-refractivity contribution >= 4 is 5.91 Å². The molecule has 0 aromatic heterocycles. The maximum atomic E-state index is 12.7. The van der Waals surface area contributed by atoms with Crippen molar-refractivity contribution in [2.45, 2.75) is 51.2 Å². The molecule has 2 atom stereocenters. The third kappa shape index (κ3) is 5.30. The molecule has 156 valence electrons. The SMILES string of the molecule is CC(C)(C)c1ccccc1OCC(=O)N1CC[C@H](Oc2ccccc2)[C@@](C)(O)C1. The molecule has 0 bridgehead atoms. The second kappa shape index (κ2) is 8.46. The molecule has 5 heteroatoms. The van der Waals surface area contributed by atoms with Crippen molar-refractivity contribution in [3.8, 4) is 11.5 Å². The molecule has 0 aliphatic carbocycles. The highest BCUT2D eigenvalue weighted by atomic mass is 16.5. The van der Waals surface area contributed by atoms with E-state index in [0.29, 0.717) is 13.0 Å². The molecule has 5 nitrogen and oxygen atoms in total. The lowest BCUT2D eigenvalue weighted by Gasteiger charge is -2.42. The van der Waals surface area contributed by atoms with Crippen LogP contribution in [0.4, 0.5) is 0 Å². The Morgan fingerprint density at radius 2 is 1.79 bits per heavy atom. The Labute approximate surface area is 173 Å². The van der Waals surface area contributed by atoms with Crippen molar-refractivity contribution in [2.24, 2.45) is 0 Å². The summed E-state index contributed by atoms with van der Waals surface area (Å²) in [6.07, 6.45) is 0.197. The van der Waals surface area contributed by atoms with Crippen LogP contribution in [0.3, 0.4) is 0 Å². The van der Waals surface area contributed by atoms with Gasteiger partial charge >= 0.3 is 0 Å². The normalized spacial score (nSPS) is 22.2. The molecule has 1 N–H and O–H groups in total. The van der Waals surface area contributed by atoms with Gasteiger partial charge in [0.25, 0.3) is 5.91 Å². The minimum atomic E-state index is -1.13. The lowest BCUT2D eigenvalue weighted by atomic mass is 9.86. The van der Waals surface area contributed by atoms with E-state index in [0.717, 1.165) is 17.1 Å². The van der Waals surface area contributed by atoms with Gasteiger partial charge in [0.15, 0.2) is 6.61 Å². The van der Waals surface area contributed by atoms with Crippen LogP contribution in [0.2, 0.25) is 0 Å². The lowest BCUT2D eigenvalue weighted by Crippen LogP contribution is -2.59. The van der Waals surface area contributed by atoms with E-state index in [4.69, 9.17) is 9.47 Å². The van der Waals surface area contributed by atoms with Crippen molar-refractivity contribution in [3.05, 3.63) is 60.2 Å². The van der Waals surface area contributed by atoms with E-state index in [1.54, 1.807) is 11.8 Å². The highest BCUT2D eigenvalue weighted by Gasteiger charge is 2.41. The number of amides is 1. The topological polar surface area (TPSA) is 59.0 Å². The number of hydrogen-bond acceptors (Lipinski definition) is 4. The van der Waals surface area contributed by atoms with Gasteiger partial charge < -0.3 is 19.5 Å². The van der Waals surface area contributed by atoms with Crippen molar-refractivity contribution in [3.63, 3.8) is 0 Å². The first-order chi connectivity index (χ1) is 13.7. The van der Waals surface area contributed by atoms with Gasteiger partial charge in [-0.05, 0) is 36.1 Å². The predicted molar refractivity (Wildman–Crippen MR) is 113 cm³/mol. The number of benzene rings is 2. The molecule has 0 spiro atoms. The van der Waals surface area contributed by atoms with E-state index in [-0.39, 0.29) is 30.6 Å². The van der Waals surface area contributed by atoms with E-state index in [2.05, 4.69) is 20.8 Å². The number of nitrogens with zero attached hydrogens (tertiary/aromatic N) is 1. The molecule has 0 saturated carbocycles. The second-order valence-electron chi connectivity index (χ2n) is 8.92. The van der Waals surface area contributed by atoms with E-state index < -0.39 is 5.60 Å². The number of piperidine rings is 1. The molecule has 1 saturated heterocycles. The zero-order valence-corrected chi connectivity index (χ0v) is 17.7.